The minimum atomic E-state index is -0.508. The van der Waals surface area contributed by atoms with E-state index in [1.54, 1.807) is 30.5 Å². The molecule has 107 heavy (non-hydrogen) atoms. The number of aromatic nitrogens is 8. The van der Waals surface area contributed by atoms with Crippen molar-refractivity contribution in [3.63, 3.8) is 0 Å². The van der Waals surface area contributed by atoms with Gasteiger partial charge in [0.05, 0.1) is 58.4 Å². The Labute approximate surface area is 638 Å². The van der Waals surface area contributed by atoms with Crippen LogP contribution in [-0.2, 0) is 39.1 Å². The molecule has 4 aliphatic heterocycles. The molecule has 14 rings (SSSR count). The van der Waals surface area contributed by atoms with Crippen LogP contribution < -0.4 is 46.2 Å². The fourth-order valence-corrected chi connectivity index (χ4v) is 15.0. The lowest BCUT2D eigenvalue weighted by atomic mass is 9.88. The Morgan fingerprint density at radius 2 is 1.43 bits per heavy atom. The summed E-state index contributed by atoms with van der Waals surface area (Å²) in [4.78, 5) is 92.3. The van der Waals surface area contributed by atoms with Gasteiger partial charge in [0, 0.05) is 91.3 Å². The van der Waals surface area contributed by atoms with Gasteiger partial charge in [-0.3, -0.25) is 34.6 Å². The van der Waals surface area contributed by atoms with E-state index in [-0.39, 0.29) is 63.2 Å². The molecule has 4 amide bonds. The van der Waals surface area contributed by atoms with Gasteiger partial charge in [0.15, 0.2) is 18.0 Å². The number of ether oxygens (including phenoxy) is 1. The standard InChI is InChI=1S/C17H23ClN2O2.C16H18FN4O.C16H19N7OS2.C16H13NO2S.C10H15N5O2/c18-14-6-7-15(16(12-14)20-8-10-22-11-9-20)19-17(21)13-4-2-1-3-5-13;1-19(22)13-6-7-16(18-12-13)21-10-8-20(9-11-21)15-5-3-2-4-14(15)17;1-10-4-6-12(7-5-10)17-8-13-20-22-16(23(13)3)25-9-14(24)18-15-21-19-11(2)26-15;18-15-14(11-12-7-3-1-4-8-12)20-16(19)17(15)13-9-5-2-6-10-13;1-7-4-2-3-5-14(7)10-8(15(16)17)9(11)12-6-13-10/h6-7,12-13H,1-5,8-11H2,(H,19,21);2-7,12H,8-11H2,1H3;4-7,17H,8-9H2,1-3H3,(H,18,21,24);1-10,14H,11H2;6-7H,2-5H2,1H3,(H2,11,12,13)/q;+1;;;. The van der Waals surface area contributed by atoms with Gasteiger partial charge in [0.1, 0.15) is 29.2 Å². The number of nitro groups is 1. The predicted octanol–water partition coefficient (Wildman–Crippen LogP) is 13.8. The Morgan fingerprint density at radius 1 is 0.748 bits per heavy atom. The summed E-state index contributed by atoms with van der Waals surface area (Å²) in [6.45, 7) is 13.4. The Balaban J connectivity index is 0.000000144. The summed E-state index contributed by atoms with van der Waals surface area (Å²) in [6.07, 6.45) is 12.2. The van der Waals surface area contributed by atoms with Crippen molar-refractivity contribution in [1.29, 1.82) is 0 Å². The Hall–Kier alpha value is -10.2. The molecular weight excluding hydrogens is 1450 g/mol. The van der Waals surface area contributed by atoms with Crippen LogP contribution in [0.1, 0.15) is 80.2 Å². The van der Waals surface area contributed by atoms with Crippen LogP contribution in [0.3, 0.4) is 0 Å². The van der Waals surface area contributed by atoms with Gasteiger partial charge in [0.25, 0.3) is 10.9 Å². The number of piperidine rings is 1. The van der Waals surface area contributed by atoms with Crippen molar-refractivity contribution < 1.29 is 38.0 Å². The van der Waals surface area contributed by atoms with Gasteiger partial charge >= 0.3 is 5.69 Å². The number of carbonyl (C=O) groups is 4. The van der Waals surface area contributed by atoms with E-state index in [2.05, 4.69) is 80.2 Å². The number of imide groups is 1. The second-order valence-electron chi connectivity index (χ2n) is 25.8. The number of aryl methyl sites for hydroxylation is 2. The van der Waals surface area contributed by atoms with Crippen LogP contribution in [0, 0.1) is 40.6 Å². The van der Waals surface area contributed by atoms with Crippen LogP contribution in [0.4, 0.5) is 71.6 Å². The number of amides is 4. The van der Waals surface area contributed by atoms with Crippen LogP contribution in [-0.4, -0.2) is 156 Å². The number of nitrogens with two attached hydrogens (primary N) is 1. The number of nitrogens with zero attached hydrogens (tertiary/aromatic N) is 15. The lowest BCUT2D eigenvalue weighted by Crippen LogP contribution is -2.47. The van der Waals surface area contributed by atoms with Gasteiger partial charge in [-0.15, -0.1) is 20.4 Å². The SMILES string of the molecule is CC1CCCCN1c1ncnc(N)c1[N+](=O)[O-].C[N+](=O)c1ccc(N2CCN(c3ccccc3F)CC2)nc1.Cc1ccc(NCc2nnc(SCC(=O)Nc3nnc(C)s3)n2C)cc1.O=C(Nc1ccc(Cl)cc1N1CCOCC1)C1CCCCC1.O=C1SC(Cc2ccccc2)C(=O)N1c1ccccc1. The highest BCUT2D eigenvalue weighted by Crippen LogP contribution is 2.37. The maximum atomic E-state index is 13.8. The first-order valence-electron chi connectivity index (χ1n) is 35.4. The zero-order chi connectivity index (χ0) is 75.8. The first-order valence-corrected chi connectivity index (χ1v) is 38.4. The number of nitroso groups, excluding NO2 is 1. The highest BCUT2D eigenvalue weighted by Gasteiger charge is 2.40. The summed E-state index contributed by atoms with van der Waals surface area (Å²) in [5.74, 6) is 1.99. The lowest BCUT2D eigenvalue weighted by Gasteiger charge is -2.36. The number of hydrogen-bond donors (Lipinski definition) is 4. The van der Waals surface area contributed by atoms with Crippen LogP contribution in [0.15, 0.2) is 157 Å². The largest absolute Gasteiger partial charge is 0.378 e. The third-order valence-corrected chi connectivity index (χ3v) is 21.3. The van der Waals surface area contributed by atoms with Crippen molar-refractivity contribution >= 4 is 132 Å². The van der Waals surface area contributed by atoms with E-state index >= 15 is 0 Å². The molecule has 9 aromatic rings. The van der Waals surface area contributed by atoms with Crippen molar-refractivity contribution in [3.8, 4) is 0 Å². The normalized spacial score (nSPS) is 16.5. The van der Waals surface area contributed by atoms with Crippen LogP contribution >= 0.6 is 46.5 Å². The molecule has 5 aromatic carbocycles. The summed E-state index contributed by atoms with van der Waals surface area (Å²) < 4.78 is 21.9. The topological polar surface area (TPSA) is 314 Å². The molecule has 32 heteroatoms. The zero-order valence-corrected chi connectivity index (χ0v) is 63.5. The van der Waals surface area contributed by atoms with Gasteiger partial charge in [0.2, 0.25) is 34.5 Å². The third kappa shape index (κ3) is 22.7. The van der Waals surface area contributed by atoms with Crippen molar-refractivity contribution in [2.45, 2.75) is 102 Å². The maximum absolute atomic E-state index is 13.8. The quantitative estimate of drug-likeness (QED) is 0.0268. The molecule has 1 saturated carbocycles. The predicted molar refractivity (Wildman–Crippen MR) is 422 cm³/mol. The number of piperazine rings is 1. The third-order valence-electron chi connectivity index (χ3n) is 18.3. The molecular formula is C75H88ClFN19O8S3+. The minimum absolute atomic E-state index is 0.0715. The van der Waals surface area contributed by atoms with Gasteiger partial charge in [-0.25, -0.2) is 24.2 Å². The van der Waals surface area contributed by atoms with Crippen LogP contribution in [0.2, 0.25) is 5.02 Å². The number of halogens is 2. The molecule has 0 spiro atoms. The van der Waals surface area contributed by atoms with Crippen LogP contribution in [0.25, 0.3) is 0 Å². The fourth-order valence-electron chi connectivity index (χ4n) is 12.4. The molecule has 8 heterocycles. The molecule has 5 N–H and O–H groups in total. The van der Waals surface area contributed by atoms with Crippen molar-refractivity contribution in [1.82, 2.24) is 39.9 Å². The summed E-state index contributed by atoms with van der Waals surface area (Å²) in [5.41, 5.74) is 12.4. The van der Waals surface area contributed by atoms with E-state index < -0.39 is 4.92 Å². The van der Waals surface area contributed by atoms with Gasteiger partial charge < -0.3 is 45.3 Å². The monoisotopic (exact) mass is 1530 g/mol. The number of para-hydroxylation sites is 2. The van der Waals surface area contributed by atoms with E-state index in [4.69, 9.17) is 22.1 Å². The zero-order valence-electron chi connectivity index (χ0n) is 60.3. The number of hydrogen-bond acceptors (Lipinski definition) is 24. The lowest BCUT2D eigenvalue weighted by molar-refractivity contribution is -0.428. The van der Waals surface area contributed by atoms with E-state index in [1.807, 2.05) is 132 Å². The average Bonchev–Trinajstić information content (AvgIpc) is 1.63. The average molecular weight is 1530 g/mol. The summed E-state index contributed by atoms with van der Waals surface area (Å²) in [6, 6.07) is 43.4. The van der Waals surface area contributed by atoms with Crippen molar-refractivity contribution in [3.05, 3.63) is 200 Å². The minimum Gasteiger partial charge on any atom is -0.378 e. The maximum Gasteiger partial charge on any atom is 0.353 e. The first kappa shape index (κ1) is 79.4. The second-order valence-corrected chi connectivity index (χ2v) is 29.5. The summed E-state index contributed by atoms with van der Waals surface area (Å²) in [7, 11) is 3.34. The number of benzene rings is 5. The Morgan fingerprint density at radius 3 is 2.09 bits per heavy atom. The number of carbonyl (C=O) groups excluding carboxylic acids is 4. The number of morpholine rings is 1. The number of anilines is 9. The highest BCUT2D eigenvalue weighted by molar-refractivity contribution is 8.15. The Kier molecular flexibility index (Phi) is 29.2. The summed E-state index contributed by atoms with van der Waals surface area (Å²) in [5, 5.41) is 38.5. The van der Waals surface area contributed by atoms with Gasteiger partial charge in [-0.2, -0.15) is 0 Å². The van der Waals surface area contributed by atoms with Crippen molar-refractivity contribution in [2.24, 2.45) is 13.0 Å². The number of nitrogen functional groups attached to an aromatic ring is 1. The molecule has 562 valence electrons. The smallest absolute Gasteiger partial charge is 0.353 e. The van der Waals surface area contributed by atoms with Gasteiger partial charge in [-0.1, -0.05) is 144 Å². The highest BCUT2D eigenvalue weighted by atomic mass is 35.5. The Bertz CT molecular complexity index is 4440. The van der Waals surface area contributed by atoms with Gasteiger partial charge in [-0.05, 0) is 126 Å². The van der Waals surface area contributed by atoms with Crippen molar-refractivity contribution in [2.75, 3.05) is 118 Å². The number of pyridine rings is 1. The fraction of sp³-hybridized carbons (Fsp3) is 0.373. The molecule has 0 radical (unpaired) electrons. The second kappa shape index (κ2) is 39.4. The van der Waals surface area contributed by atoms with E-state index in [0.29, 0.717) is 64.4 Å². The molecule has 5 fully saturated rings. The molecule has 4 saturated heterocycles. The molecule has 2 unspecified atom stereocenters. The van der Waals surface area contributed by atoms with E-state index in [1.165, 1.54) is 59.4 Å². The molecule has 0 bridgehead atoms. The van der Waals surface area contributed by atoms with E-state index in [0.717, 1.165) is 147 Å². The number of rotatable bonds is 18. The molecule has 2 atom stereocenters. The molecule has 1 aliphatic carbocycles. The number of thioether (sulfide) groups is 2. The number of nitrogens with one attached hydrogen (secondary N) is 3. The molecule has 4 aromatic heterocycles. The summed E-state index contributed by atoms with van der Waals surface area (Å²) >= 11 is 9.94. The van der Waals surface area contributed by atoms with E-state index in [9.17, 15) is 38.6 Å². The molecule has 27 nitrogen and oxygen atoms in total. The first-order chi connectivity index (χ1) is 51.8. The van der Waals surface area contributed by atoms with Crippen LogP contribution in [0.5, 0.6) is 0 Å². The molecule has 5 aliphatic rings.